The van der Waals surface area contributed by atoms with Crippen molar-refractivity contribution in [2.45, 2.75) is 18.9 Å². The van der Waals surface area contributed by atoms with Gasteiger partial charge in [0.15, 0.2) is 0 Å². The van der Waals surface area contributed by atoms with Gasteiger partial charge in [-0.2, -0.15) is 0 Å². The van der Waals surface area contributed by atoms with E-state index in [9.17, 15) is 4.79 Å². The molecule has 1 amide bonds. The Morgan fingerprint density at radius 1 is 1.40 bits per heavy atom. The predicted molar refractivity (Wildman–Crippen MR) is 60.5 cm³/mol. The van der Waals surface area contributed by atoms with Gasteiger partial charge in [0.1, 0.15) is 6.04 Å². The molecule has 1 aromatic rings. The van der Waals surface area contributed by atoms with Crippen molar-refractivity contribution in [1.82, 2.24) is 5.32 Å². The molecule has 1 heterocycles. The Morgan fingerprint density at radius 2 is 2.20 bits per heavy atom. The fraction of sp³-hybridized carbons (Fsp3) is 0.364. The summed E-state index contributed by atoms with van der Waals surface area (Å²) >= 11 is 0. The molecule has 2 rings (SSSR count). The lowest BCUT2D eigenvalue weighted by atomic mass is 10.1. The van der Waals surface area contributed by atoms with E-state index in [-0.39, 0.29) is 11.9 Å². The zero-order chi connectivity index (χ0) is 10.7. The highest BCUT2D eigenvalue weighted by atomic mass is 16.2. The fourth-order valence-corrected chi connectivity index (χ4v) is 1.73. The molecule has 0 aromatic heterocycles. The molecule has 1 aromatic carbocycles. The van der Waals surface area contributed by atoms with Crippen molar-refractivity contribution in [3.05, 3.63) is 24.3 Å². The van der Waals surface area contributed by atoms with Crippen molar-refractivity contribution in [2.75, 3.05) is 17.6 Å². The van der Waals surface area contributed by atoms with Crippen LogP contribution in [0.3, 0.4) is 0 Å². The van der Waals surface area contributed by atoms with E-state index in [4.69, 9.17) is 5.73 Å². The lowest BCUT2D eigenvalue weighted by Crippen LogP contribution is -2.44. The zero-order valence-electron chi connectivity index (χ0n) is 8.49. The number of nitrogens with two attached hydrogens (primary N) is 1. The number of anilines is 2. The summed E-state index contributed by atoms with van der Waals surface area (Å²) in [5.74, 6) is 0.0597. The number of carbonyl (C=O) groups excluding carboxylic acids is 1. The molecule has 1 unspecified atom stereocenters. The molecular formula is C11H15N3O. The van der Waals surface area contributed by atoms with Gasteiger partial charge >= 0.3 is 0 Å². The first-order valence-electron chi connectivity index (χ1n) is 5.16. The highest BCUT2D eigenvalue weighted by molar-refractivity contribution is 5.86. The largest absolute Gasteiger partial charge is 0.397 e. The minimum Gasteiger partial charge on any atom is -0.397 e. The number of nitrogen functional groups attached to an aromatic ring is 1. The third kappa shape index (κ3) is 2.21. The van der Waals surface area contributed by atoms with Crippen LogP contribution in [0.4, 0.5) is 11.4 Å². The molecule has 0 aliphatic carbocycles. The van der Waals surface area contributed by atoms with Crippen LogP contribution in [0.15, 0.2) is 24.3 Å². The summed E-state index contributed by atoms with van der Waals surface area (Å²) in [7, 11) is 0. The maximum absolute atomic E-state index is 11.5. The Balaban J connectivity index is 2.08. The van der Waals surface area contributed by atoms with Crippen molar-refractivity contribution < 1.29 is 4.79 Å². The quantitative estimate of drug-likeness (QED) is 0.630. The van der Waals surface area contributed by atoms with Crippen molar-refractivity contribution >= 4 is 17.3 Å². The summed E-state index contributed by atoms with van der Waals surface area (Å²) in [5.41, 5.74) is 7.30. The average Bonchev–Trinajstić information content (AvgIpc) is 2.24. The third-order valence-electron chi connectivity index (χ3n) is 2.58. The molecule has 80 valence electrons. The minimum absolute atomic E-state index is 0.0597. The standard InChI is InChI=1S/C11H15N3O/c12-8-4-1-2-5-9(8)14-10-6-3-7-13-11(10)15/h1-2,4-5,10,14H,3,6-7,12H2,(H,13,15). The van der Waals surface area contributed by atoms with Crippen LogP contribution < -0.4 is 16.4 Å². The Morgan fingerprint density at radius 3 is 2.93 bits per heavy atom. The van der Waals surface area contributed by atoms with E-state index in [0.29, 0.717) is 5.69 Å². The Labute approximate surface area is 88.9 Å². The Bertz CT molecular complexity index is 365. The molecule has 1 aliphatic heterocycles. The van der Waals surface area contributed by atoms with E-state index in [1.807, 2.05) is 24.3 Å². The number of amides is 1. The maximum Gasteiger partial charge on any atom is 0.242 e. The van der Waals surface area contributed by atoms with Gasteiger partial charge in [-0.25, -0.2) is 0 Å². The Kier molecular flexibility index (Phi) is 2.76. The van der Waals surface area contributed by atoms with Crippen LogP contribution >= 0.6 is 0 Å². The second-order valence-corrected chi connectivity index (χ2v) is 3.72. The summed E-state index contributed by atoms with van der Waals surface area (Å²) in [6, 6.07) is 7.34. The van der Waals surface area contributed by atoms with Crippen LogP contribution in [0.25, 0.3) is 0 Å². The topological polar surface area (TPSA) is 67.2 Å². The van der Waals surface area contributed by atoms with Crippen LogP contribution in [0.2, 0.25) is 0 Å². The van der Waals surface area contributed by atoms with Crippen molar-refractivity contribution in [1.29, 1.82) is 0 Å². The maximum atomic E-state index is 11.5. The van der Waals surface area contributed by atoms with Gasteiger partial charge in [-0.05, 0) is 25.0 Å². The molecule has 0 bridgehead atoms. The van der Waals surface area contributed by atoms with Crippen LogP contribution in [-0.2, 0) is 4.79 Å². The average molecular weight is 205 g/mol. The predicted octanol–water partition coefficient (Wildman–Crippen LogP) is 0.959. The molecule has 4 heteroatoms. The summed E-state index contributed by atoms with van der Waals surface area (Å²) in [6.45, 7) is 0.779. The minimum atomic E-state index is -0.150. The van der Waals surface area contributed by atoms with Gasteiger partial charge in [-0.1, -0.05) is 12.1 Å². The summed E-state index contributed by atoms with van der Waals surface area (Å²) < 4.78 is 0. The third-order valence-corrected chi connectivity index (χ3v) is 2.58. The summed E-state index contributed by atoms with van der Waals surface area (Å²) in [4.78, 5) is 11.5. The fourth-order valence-electron chi connectivity index (χ4n) is 1.73. The van der Waals surface area contributed by atoms with Gasteiger partial charge in [-0.15, -0.1) is 0 Å². The second-order valence-electron chi connectivity index (χ2n) is 3.72. The van der Waals surface area contributed by atoms with Gasteiger partial charge in [0.25, 0.3) is 0 Å². The lowest BCUT2D eigenvalue weighted by molar-refractivity contribution is -0.123. The van der Waals surface area contributed by atoms with Crippen molar-refractivity contribution in [3.8, 4) is 0 Å². The van der Waals surface area contributed by atoms with E-state index < -0.39 is 0 Å². The number of piperidine rings is 1. The van der Waals surface area contributed by atoms with Crippen molar-refractivity contribution in [3.63, 3.8) is 0 Å². The molecule has 1 aliphatic rings. The van der Waals surface area contributed by atoms with E-state index in [0.717, 1.165) is 25.1 Å². The molecule has 4 N–H and O–H groups in total. The van der Waals surface area contributed by atoms with Crippen LogP contribution in [0.5, 0.6) is 0 Å². The van der Waals surface area contributed by atoms with Gasteiger partial charge in [0.2, 0.25) is 5.91 Å². The Hall–Kier alpha value is -1.71. The molecule has 1 fully saturated rings. The van der Waals surface area contributed by atoms with Crippen molar-refractivity contribution in [2.24, 2.45) is 0 Å². The van der Waals surface area contributed by atoms with Crippen LogP contribution in [-0.4, -0.2) is 18.5 Å². The number of para-hydroxylation sites is 2. The molecule has 1 saturated heterocycles. The molecule has 4 nitrogen and oxygen atoms in total. The first-order chi connectivity index (χ1) is 7.27. The van der Waals surface area contributed by atoms with E-state index in [1.54, 1.807) is 0 Å². The zero-order valence-corrected chi connectivity index (χ0v) is 8.49. The molecule has 1 atom stereocenters. The van der Waals surface area contributed by atoms with Gasteiger partial charge in [0, 0.05) is 6.54 Å². The number of benzene rings is 1. The summed E-state index contributed by atoms with van der Waals surface area (Å²) in [5, 5.41) is 5.99. The molecule has 15 heavy (non-hydrogen) atoms. The van der Waals surface area contributed by atoms with E-state index >= 15 is 0 Å². The number of hydrogen-bond donors (Lipinski definition) is 3. The second kappa shape index (κ2) is 4.21. The molecule has 0 spiro atoms. The highest BCUT2D eigenvalue weighted by Gasteiger charge is 2.21. The van der Waals surface area contributed by atoms with E-state index in [1.165, 1.54) is 0 Å². The van der Waals surface area contributed by atoms with E-state index in [2.05, 4.69) is 10.6 Å². The number of rotatable bonds is 2. The summed E-state index contributed by atoms with van der Waals surface area (Å²) in [6.07, 6.45) is 1.87. The normalized spacial score (nSPS) is 20.8. The van der Waals surface area contributed by atoms with Gasteiger partial charge < -0.3 is 16.4 Å². The number of nitrogens with one attached hydrogen (secondary N) is 2. The molecule has 0 saturated carbocycles. The number of hydrogen-bond acceptors (Lipinski definition) is 3. The van der Waals surface area contributed by atoms with Crippen LogP contribution in [0, 0.1) is 0 Å². The van der Waals surface area contributed by atoms with Gasteiger partial charge in [-0.3, -0.25) is 4.79 Å². The number of carbonyl (C=O) groups is 1. The first kappa shape index (κ1) is 9.83. The SMILES string of the molecule is Nc1ccccc1NC1CCCNC1=O. The highest BCUT2D eigenvalue weighted by Crippen LogP contribution is 2.19. The monoisotopic (exact) mass is 205 g/mol. The smallest absolute Gasteiger partial charge is 0.242 e. The van der Waals surface area contributed by atoms with Crippen LogP contribution in [0.1, 0.15) is 12.8 Å². The lowest BCUT2D eigenvalue weighted by Gasteiger charge is -2.24. The molecular weight excluding hydrogens is 190 g/mol. The van der Waals surface area contributed by atoms with Gasteiger partial charge in [0.05, 0.1) is 11.4 Å². The first-order valence-corrected chi connectivity index (χ1v) is 5.16. The molecule has 0 radical (unpaired) electrons.